The number of hydrogen-bond donors (Lipinski definition) is 0. The summed E-state index contributed by atoms with van der Waals surface area (Å²) >= 11 is 0. The van der Waals surface area contributed by atoms with Crippen molar-refractivity contribution in [3.05, 3.63) is 35.2 Å². The molecule has 1 atom stereocenters. The summed E-state index contributed by atoms with van der Waals surface area (Å²) in [5.74, 6) is 0.904. The van der Waals surface area contributed by atoms with Crippen LogP contribution < -0.4 is 0 Å². The van der Waals surface area contributed by atoms with Gasteiger partial charge in [0, 0.05) is 15.9 Å². The molecule has 2 rings (SSSR count). The molecule has 0 amide bonds. The second kappa shape index (κ2) is 8.42. The van der Waals surface area contributed by atoms with E-state index in [0.717, 1.165) is 29.2 Å². The lowest BCUT2D eigenvalue weighted by molar-refractivity contribution is 0.266. The van der Waals surface area contributed by atoms with Gasteiger partial charge in [0.05, 0.1) is 6.61 Å². The van der Waals surface area contributed by atoms with Crippen LogP contribution in [-0.2, 0) is 24.4 Å². The van der Waals surface area contributed by atoms with Gasteiger partial charge in [-0.25, -0.2) is 4.21 Å². The highest BCUT2D eigenvalue weighted by molar-refractivity contribution is 8.33. The molecule has 4 heteroatoms. The number of benzene rings is 1. The molecule has 0 aliphatic carbocycles. The van der Waals surface area contributed by atoms with E-state index in [1.807, 2.05) is 29.7 Å². The summed E-state index contributed by atoms with van der Waals surface area (Å²) in [4.78, 5) is 1.12. The predicted octanol–water partition coefficient (Wildman–Crippen LogP) is 4.48. The lowest BCUT2D eigenvalue weighted by atomic mass is 10.1. The fourth-order valence-corrected chi connectivity index (χ4v) is 4.57. The van der Waals surface area contributed by atoms with Crippen molar-refractivity contribution in [2.45, 2.75) is 50.3 Å². The van der Waals surface area contributed by atoms with Gasteiger partial charge >= 0.3 is 0 Å². The Balaban J connectivity index is 1.81. The summed E-state index contributed by atoms with van der Waals surface area (Å²) in [6.07, 6.45) is 7.59. The topological polar surface area (TPSA) is 26.3 Å². The normalized spacial score (nSPS) is 16.6. The van der Waals surface area contributed by atoms with E-state index in [1.165, 1.54) is 32.1 Å². The first-order valence-corrected chi connectivity index (χ1v) is 9.89. The number of ether oxygens (including phenoxy) is 1. The zero-order valence-corrected chi connectivity index (χ0v) is 13.6. The minimum absolute atomic E-state index is 0.377. The molecule has 0 radical (unpaired) electrons. The molecular weight excluding hydrogens is 288 g/mol. The molecule has 0 saturated heterocycles. The van der Waals surface area contributed by atoms with Gasteiger partial charge in [0.25, 0.3) is 0 Å². The van der Waals surface area contributed by atoms with Crippen molar-refractivity contribution in [1.29, 1.82) is 0 Å². The highest BCUT2D eigenvalue weighted by Gasteiger charge is 2.18. The SMILES string of the molecule is CCCCCCCCOC1=CS(=S=O)c2ccccc21. The molecule has 0 saturated carbocycles. The van der Waals surface area contributed by atoms with Crippen LogP contribution >= 0.6 is 0 Å². The number of fused-ring (bicyclic) bond motifs is 1. The third kappa shape index (κ3) is 4.06. The third-order valence-corrected chi connectivity index (χ3v) is 6.04. The van der Waals surface area contributed by atoms with Crippen LogP contribution in [0.1, 0.15) is 51.0 Å². The highest BCUT2D eigenvalue weighted by Crippen LogP contribution is 2.31. The summed E-state index contributed by atoms with van der Waals surface area (Å²) in [5.41, 5.74) is 1.10. The van der Waals surface area contributed by atoms with Crippen LogP contribution in [0.2, 0.25) is 0 Å². The van der Waals surface area contributed by atoms with Gasteiger partial charge in [-0.15, -0.1) is 0 Å². The highest BCUT2D eigenvalue weighted by atomic mass is 32.8. The van der Waals surface area contributed by atoms with Gasteiger partial charge in [-0.3, -0.25) is 0 Å². The summed E-state index contributed by atoms with van der Waals surface area (Å²) in [6.45, 7) is 2.99. The van der Waals surface area contributed by atoms with Gasteiger partial charge in [-0.05, 0) is 21.9 Å². The van der Waals surface area contributed by atoms with Crippen molar-refractivity contribution in [2.24, 2.45) is 0 Å². The van der Waals surface area contributed by atoms with E-state index in [9.17, 15) is 4.21 Å². The fraction of sp³-hybridized carbons (Fsp3) is 0.500. The molecule has 1 unspecified atom stereocenters. The van der Waals surface area contributed by atoms with Crippen LogP contribution in [0.4, 0.5) is 0 Å². The lowest BCUT2D eigenvalue weighted by Gasteiger charge is -2.08. The van der Waals surface area contributed by atoms with Gasteiger partial charge < -0.3 is 4.74 Å². The average molecular weight is 310 g/mol. The Morgan fingerprint density at radius 3 is 2.65 bits per heavy atom. The quantitative estimate of drug-likeness (QED) is 0.662. The summed E-state index contributed by atoms with van der Waals surface area (Å²) < 4.78 is 17.0. The molecular formula is C16H22O2S2. The number of unbranched alkanes of at least 4 members (excludes halogenated alkanes) is 5. The Morgan fingerprint density at radius 2 is 1.85 bits per heavy atom. The average Bonchev–Trinajstić information content (AvgIpc) is 2.85. The van der Waals surface area contributed by atoms with E-state index in [4.69, 9.17) is 4.74 Å². The Morgan fingerprint density at radius 1 is 1.10 bits per heavy atom. The monoisotopic (exact) mass is 310 g/mol. The van der Waals surface area contributed by atoms with Crippen molar-refractivity contribution in [3.8, 4) is 0 Å². The van der Waals surface area contributed by atoms with E-state index in [2.05, 4.69) is 6.92 Å². The molecule has 1 heterocycles. The second-order valence-corrected chi connectivity index (χ2v) is 7.85. The molecule has 1 aliphatic rings. The number of hydrogen-bond acceptors (Lipinski definition) is 2. The van der Waals surface area contributed by atoms with Crippen LogP contribution in [-0.4, -0.2) is 10.8 Å². The second-order valence-electron chi connectivity index (χ2n) is 4.96. The van der Waals surface area contributed by atoms with Crippen molar-refractivity contribution in [3.63, 3.8) is 0 Å². The Kier molecular flexibility index (Phi) is 6.54. The van der Waals surface area contributed by atoms with Crippen LogP contribution in [0.15, 0.2) is 34.6 Å². The van der Waals surface area contributed by atoms with E-state index in [1.54, 1.807) is 0 Å². The van der Waals surface area contributed by atoms with Crippen molar-refractivity contribution < 1.29 is 8.95 Å². The van der Waals surface area contributed by atoms with Gasteiger partial charge in [-0.1, -0.05) is 57.2 Å². The molecule has 0 N–H and O–H groups in total. The van der Waals surface area contributed by atoms with E-state index < -0.39 is 0 Å². The van der Waals surface area contributed by atoms with E-state index in [-0.39, 0.29) is 9.45 Å². The Labute approximate surface area is 126 Å². The maximum Gasteiger partial charge on any atom is 0.134 e. The first-order valence-electron chi connectivity index (χ1n) is 7.34. The zero-order valence-electron chi connectivity index (χ0n) is 12.0. The van der Waals surface area contributed by atoms with Crippen LogP contribution in [0.3, 0.4) is 0 Å². The molecule has 2 nitrogen and oxygen atoms in total. The first-order chi connectivity index (χ1) is 9.86. The van der Waals surface area contributed by atoms with Crippen molar-refractivity contribution in [2.75, 3.05) is 6.61 Å². The molecule has 0 bridgehead atoms. The summed E-state index contributed by atoms with van der Waals surface area (Å²) in [5, 5.41) is 1.99. The molecule has 0 fully saturated rings. The van der Waals surface area contributed by atoms with E-state index in [0.29, 0.717) is 10.2 Å². The number of rotatable bonds is 8. The van der Waals surface area contributed by atoms with Crippen molar-refractivity contribution in [1.82, 2.24) is 0 Å². The molecule has 110 valence electrons. The van der Waals surface area contributed by atoms with Crippen molar-refractivity contribution >= 4 is 25.4 Å². The maximum absolute atomic E-state index is 11.1. The van der Waals surface area contributed by atoms with Gasteiger partial charge in [-0.2, -0.15) is 0 Å². The summed E-state index contributed by atoms with van der Waals surface area (Å²) in [6, 6.07) is 8.06. The minimum atomic E-state index is -0.377. The minimum Gasteiger partial charge on any atom is -0.492 e. The molecule has 1 aromatic rings. The van der Waals surface area contributed by atoms with Gasteiger partial charge in [0.1, 0.15) is 16.0 Å². The van der Waals surface area contributed by atoms with Crippen LogP contribution in [0.25, 0.3) is 5.76 Å². The largest absolute Gasteiger partial charge is 0.492 e. The van der Waals surface area contributed by atoms with Crippen LogP contribution in [0, 0.1) is 0 Å². The Bertz CT molecular complexity index is 531. The Hall–Kier alpha value is -0.870. The lowest BCUT2D eigenvalue weighted by Crippen LogP contribution is -1.94. The third-order valence-electron chi connectivity index (χ3n) is 3.41. The standard InChI is InChI=1S/C16H22O2S2/c1-2-3-4-5-6-9-12-18-15-13-20(19-17)16-11-8-7-10-14(15)16/h7-8,10-11,13H,2-6,9,12H2,1H3. The van der Waals surface area contributed by atoms with Crippen LogP contribution in [0.5, 0.6) is 0 Å². The molecule has 0 aromatic heterocycles. The first kappa shape index (κ1) is 15.5. The fourth-order valence-electron chi connectivity index (χ4n) is 2.30. The predicted molar refractivity (Wildman–Crippen MR) is 87.5 cm³/mol. The zero-order chi connectivity index (χ0) is 14.2. The van der Waals surface area contributed by atoms with Gasteiger partial charge in [0.15, 0.2) is 0 Å². The van der Waals surface area contributed by atoms with Gasteiger partial charge in [0.2, 0.25) is 0 Å². The maximum atomic E-state index is 11.1. The molecule has 20 heavy (non-hydrogen) atoms. The smallest absolute Gasteiger partial charge is 0.134 e. The summed E-state index contributed by atoms with van der Waals surface area (Å²) in [7, 11) is 0.276. The molecule has 0 spiro atoms. The van der Waals surface area contributed by atoms with E-state index >= 15 is 0 Å². The molecule has 1 aliphatic heterocycles. The molecule has 1 aromatic carbocycles.